The number of rotatable bonds is 2. The largest absolute Gasteiger partial charge is 0.295 e. The van der Waals surface area contributed by atoms with Gasteiger partial charge in [0.15, 0.2) is 5.82 Å². The smallest absolute Gasteiger partial charge is 0.175 e. The Kier molecular flexibility index (Phi) is 2.99. The lowest BCUT2D eigenvalue weighted by Crippen LogP contribution is -2.03. The van der Waals surface area contributed by atoms with E-state index in [-0.39, 0.29) is 0 Å². The lowest BCUT2D eigenvalue weighted by atomic mass is 10.1. The van der Waals surface area contributed by atoms with Crippen molar-refractivity contribution in [2.75, 3.05) is 0 Å². The molecule has 0 unspecified atom stereocenters. The second-order valence-corrected chi connectivity index (χ2v) is 5.32. The van der Waals surface area contributed by atoms with Crippen molar-refractivity contribution in [3.8, 4) is 5.82 Å². The summed E-state index contributed by atoms with van der Waals surface area (Å²) in [5.74, 6) is 1.39. The Hall–Kier alpha value is -1.49. The highest BCUT2D eigenvalue weighted by Crippen LogP contribution is 2.33. The first-order valence-corrected chi connectivity index (χ1v) is 6.77. The van der Waals surface area contributed by atoms with Gasteiger partial charge in [-0.05, 0) is 38.0 Å². The van der Waals surface area contributed by atoms with Crippen LogP contribution in [0.25, 0.3) is 5.82 Å². The summed E-state index contributed by atoms with van der Waals surface area (Å²) in [6, 6.07) is 5.94. The summed E-state index contributed by atoms with van der Waals surface area (Å²) in [6.07, 6.45) is 5.16. The third-order valence-electron chi connectivity index (χ3n) is 3.55. The van der Waals surface area contributed by atoms with Crippen LogP contribution in [0.1, 0.15) is 43.0 Å². The van der Waals surface area contributed by atoms with Gasteiger partial charge in [-0.15, -0.1) is 5.10 Å². The molecule has 18 heavy (non-hydrogen) atoms. The molecule has 0 atom stereocenters. The minimum absolute atomic E-state index is 0.631. The first-order valence-electron chi connectivity index (χ1n) is 6.37. The second kappa shape index (κ2) is 4.65. The second-order valence-electron chi connectivity index (χ2n) is 4.90. The molecular formula is C13H16N4S. The van der Waals surface area contributed by atoms with Crippen LogP contribution < -0.4 is 0 Å². The normalized spacial score (nSPS) is 16.3. The van der Waals surface area contributed by atoms with E-state index in [1.54, 1.807) is 0 Å². The molecule has 0 saturated heterocycles. The maximum absolute atomic E-state index is 5.39. The van der Waals surface area contributed by atoms with Crippen LogP contribution in [0.2, 0.25) is 0 Å². The van der Waals surface area contributed by atoms with Gasteiger partial charge in [0.1, 0.15) is 4.64 Å². The van der Waals surface area contributed by atoms with Gasteiger partial charge in [-0.1, -0.05) is 25.1 Å². The van der Waals surface area contributed by atoms with Crippen LogP contribution in [0.4, 0.5) is 0 Å². The molecule has 1 N–H and O–H groups in total. The summed E-state index contributed by atoms with van der Waals surface area (Å²) in [5, 5.41) is 11.6. The minimum Gasteiger partial charge on any atom is -0.295 e. The van der Waals surface area contributed by atoms with Gasteiger partial charge in [0.25, 0.3) is 0 Å². The number of aryl methyl sites for hydroxylation is 1. The summed E-state index contributed by atoms with van der Waals surface area (Å²) in [7, 11) is 0. The topological polar surface area (TPSA) is 46.5 Å². The SMILES string of the molecule is Cc1ccc(-n2[nH]c(C3CCCC3)cc2=S)nn1. The molecule has 0 radical (unpaired) electrons. The standard InChI is InChI=1S/C13H16N4S/c1-9-6-7-12(15-14-9)17-13(18)8-11(16-17)10-4-2-3-5-10/h6-8,10,16H,2-5H2,1H3. The Balaban J connectivity index is 1.97. The monoisotopic (exact) mass is 260 g/mol. The average Bonchev–Trinajstić information content (AvgIpc) is 2.99. The van der Waals surface area contributed by atoms with Gasteiger partial charge in [0.05, 0.1) is 5.69 Å². The fourth-order valence-electron chi connectivity index (χ4n) is 2.54. The highest BCUT2D eigenvalue weighted by Gasteiger charge is 2.19. The summed E-state index contributed by atoms with van der Waals surface area (Å²) in [6.45, 7) is 1.93. The van der Waals surface area contributed by atoms with Gasteiger partial charge in [-0.3, -0.25) is 5.10 Å². The van der Waals surface area contributed by atoms with Crippen molar-refractivity contribution in [1.29, 1.82) is 0 Å². The molecule has 1 saturated carbocycles. The summed E-state index contributed by atoms with van der Waals surface area (Å²) < 4.78 is 2.62. The Morgan fingerprint density at radius 1 is 1.28 bits per heavy atom. The number of hydrogen-bond acceptors (Lipinski definition) is 3. The predicted octanol–water partition coefficient (Wildman–Crippen LogP) is 3.29. The maximum atomic E-state index is 5.39. The number of nitrogens with one attached hydrogen (secondary N) is 1. The van der Waals surface area contributed by atoms with Crippen LogP contribution >= 0.6 is 12.2 Å². The number of nitrogens with zero attached hydrogens (tertiary/aromatic N) is 3. The van der Waals surface area contributed by atoms with E-state index >= 15 is 0 Å². The summed E-state index contributed by atoms with van der Waals surface area (Å²) >= 11 is 5.39. The fourth-order valence-corrected chi connectivity index (χ4v) is 2.81. The van der Waals surface area contributed by atoms with E-state index in [1.165, 1.54) is 31.4 Å². The van der Waals surface area contributed by atoms with Crippen molar-refractivity contribution >= 4 is 12.2 Å². The lowest BCUT2D eigenvalue weighted by Gasteiger charge is -2.06. The van der Waals surface area contributed by atoms with E-state index in [2.05, 4.69) is 21.4 Å². The van der Waals surface area contributed by atoms with Gasteiger partial charge in [-0.25, -0.2) is 4.68 Å². The van der Waals surface area contributed by atoms with Crippen molar-refractivity contribution < 1.29 is 0 Å². The molecule has 94 valence electrons. The quantitative estimate of drug-likeness (QED) is 0.843. The lowest BCUT2D eigenvalue weighted by molar-refractivity contribution is 0.672. The zero-order chi connectivity index (χ0) is 12.5. The Morgan fingerprint density at radius 2 is 2.06 bits per heavy atom. The number of aromatic nitrogens is 4. The van der Waals surface area contributed by atoms with Crippen LogP contribution in [0.5, 0.6) is 0 Å². The van der Waals surface area contributed by atoms with Crippen molar-refractivity contribution in [2.24, 2.45) is 0 Å². The van der Waals surface area contributed by atoms with Crippen molar-refractivity contribution in [2.45, 2.75) is 38.5 Å². The third kappa shape index (κ3) is 2.10. The van der Waals surface area contributed by atoms with E-state index in [9.17, 15) is 0 Å². The minimum atomic E-state index is 0.631. The molecule has 0 amide bonds. The molecule has 2 aromatic rings. The Bertz CT molecular complexity index is 590. The molecule has 0 bridgehead atoms. The van der Waals surface area contributed by atoms with Gasteiger partial charge >= 0.3 is 0 Å². The van der Waals surface area contributed by atoms with Crippen molar-refractivity contribution in [3.63, 3.8) is 0 Å². The van der Waals surface area contributed by atoms with Crippen LogP contribution in [0, 0.1) is 11.6 Å². The van der Waals surface area contributed by atoms with Crippen LogP contribution in [0.3, 0.4) is 0 Å². The third-order valence-corrected chi connectivity index (χ3v) is 3.85. The number of aromatic amines is 1. The van der Waals surface area contributed by atoms with Crippen molar-refractivity contribution in [1.82, 2.24) is 20.0 Å². The van der Waals surface area contributed by atoms with Gasteiger partial charge in [0.2, 0.25) is 0 Å². The molecule has 4 nitrogen and oxygen atoms in total. The molecule has 2 aromatic heterocycles. The van der Waals surface area contributed by atoms with E-state index in [0.717, 1.165) is 16.2 Å². The van der Waals surface area contributed by atoms with Crippen molar-refractivity contribution in [3.05, 3.63) is 34.2 Å². The average molecular weight is 260 g/mol. The Morgan fingerprint density at radius 3 is 2.72 bits per heavy atom. The van der Waals surface area contributed by atoms with Crippen LogP contribution in [-0.4, -0.2) is 20.0 Å². The first-order chi connectivity index (χ1) is 8.74. The first kappa shape index (κ1) is 11.6. The molecule has 2 heterocycles. The molecule has 0 aliphatic heterocycles. The number of hydrogen-bond donors (Lipinski definition) is 1. The Labute approximate surface area is 111 Å². The molecule has 3 rings (SSSR count). The maximum Gasteiger partial charge on any atom is 0.175 e. The van der Waals surface area contributed by atoms with Crippen LogP contribution in [0.15, 0.2) is 18.2 Å². The zero-order valence-corrected chi connectivity index (χ0v) is 11.2. The van der Waals surface area contributed by atoms with Gasteiger partial charge in [0, 0.05) is 11.6 Å². The predicted molar refractivity (Wildman–Crippen MR) is 72.5 cm³/mol. The van der Waals surface area contributed by atoms with Crippen LogP contribution in [-0.2, 0) is 0 Å². The van der Waals surface area contributed by atoms with E-state index in [0.29, 0.717) is 5.92 Å². The fraction of sp³-hybridized carbons (Fsp3) is 0.462. The molecule has 5 heteroatoms. The highest BCUT2D eigenvalue weighted by molar-refractivity contribution is 7.71. The molecule has 1 aliphatic rings. The number of H-pyrrole nitrogens is 1. The van der Waals surface area contributed by atoms with Gasteiger partial charge in [-0.2, -0.15) is 5.10 Å². The highest BCUT2D eigenvalue weighted by atomic mass is 32.1. The summed E-state index contributed by atoms with van der Waals surface area (Å²) in [4.78, 5) is 0. The van der Waals surface area contributed by atoms with E-state index in [1.807, 2.05) is 23.7 Å². The molecule has 0 spiro atoms. The van der Waals surface area contributed by atoms with E-state index in [4.69, 9.17) is 12.2 Å². The molecule has 0 aromatic carbocycles. The molecule has 1 aliphatic carbocycles. The van der Waals surface area contributed by atoms with E-state index < -0.39 is 0 Å². The molecular weight excluding hydrogens is 244 g/mol. The van der Waals surface area contributed by atoms with Gasteiger partial charge < -0.3 is 0 Å². The summed E-state index contributed by atoms with van der Waals surface area (Å²) in [5.41, 5.74) is 2.15. The zero-order valence-electron chi connectivity index (χ0n) is 10.4. The molecule has 1 fully saturated rings.